The lowest BCUT2D eigenvalue weighted by molar-refractivity contribution is -0.384. The van der Waals surface area contributed by atoms with Crippen LogP contribution in [0.25, 0.3) is 5.69 Å². The largest absolute Gasteiger partial charge is 0.491 e. The molecule has 9 nitrogen and oxygen atoms in total. The average Bonchev–Trinajstić information content (AvgIpc) is 2.75. The zero-order valence-corrected chi connectivity index (χ0v) is 17.2. The summed E-state index contributed by atoms with van der Waals surface area (Å²) in [5, 5.41) is 18.2. The van der Waals surface area contributed by atoms with Gasteiger partial charge >= 0.3 is 0 Å². The number of nitrogens with one attached hydrogen (secondary N) is 1. The predicted octanol–water partition coefficient (Wildman–Crippen LogP) is 3.88. The van der Waals surface area contributed by atoms with E-state index < -0.39 is 16.3 Å². The summed E-state index contributed by atoms with van der Waals surface area (Å²) in [7, 11) is 0. The molecule has 1 amide bonds. The topological polar surface area (TPSA) is 116 Å². The van der Waals surface area contributed by atoms with E-state index in [-0.39, 0.29) is 17.1 Å². The van der Waals surface area contributed by atoms with E-state index in [9.17, 15) is 19.7 Å². The molecule has 0 unspecified atom stereocenters. The van der Waals surface area contributed by atoms with Gasteiger partial charge in [-0.15, -0.1) is 0 Å². The summed E-state index contributed by atoms with van der Waals surface area (Å²) < 4.78 is 6.93. The zero-order valence-electron chi connectivity index (χ0n) is 17.2. The first-order valence-corrected chi connectivity index (χ1v) is 9.80. The Balaban J connectivity index is 1.96. The number of nitro groups is 1. The van der Waals surface area contributed by atoms with Crippen molar-refractivity contribution in [2.75, 3.05) is 11.9 Å². The molecule has 0 aliphatic heterocycles. The fourth-order valence-electron chi connectivity index (χ4n) is 2.95. The smallest absolute Gasteiger partial charge is 0.294 e. The van der Waals surface area contributed by atoms with Crippen LogP contribution >= 0.6 is 0 Å². The lowest BCUT2D eigenvalue weighted by Crippen LogP contribution is -2.27. The van der Waals surface area contributed by atoms with Gasteiger partial charge in [0.25, 0.3) is 11.6 Å². The van der Waals surface area contributed by atoms with E-state index in [1.165, 1.54) is 28.9 Å². The van der Waals surface area contributed by atoms with Crippen molar-refractivity contribution in [1.29, 1.82) is 0 Å². The summed E-state index contributed by atoms with van der Waals surface area (Å²) in [4.78, 5) is 36.2. The Bertz CT molecular complexity index is 1170. The highest BCUT2D eigenvalue weighted by Crippen LogP contribution is 2.25. The molecule has 9 heteroatoms. The molecular weight excluding hydrogens is 400 g/mol. The molecule has 160 valence electrons. The fraction of sp³-hybridized carbons (Fsp3) is 0.227. The standard InChI is InChI=1S/C22H22N4O5/c1-3-4-13-31-20-12-8-5-9-16(20)23-22(28)21-19(27)14-15(2)25(24-21)17-10-6-7-11-18(17)26(29)30/h5-12,14H,3-4,13H2,1-2H3,(H,23,28). The van der Waals surface area contributed by atoms with Gasteiger partial charge < -0.3 is 10.1 Å². The van der Waals surface area contributed by atoms with E-state index >= 15 is 0 Å². The van der Waals surface area contributed by atoms with Crippen molar-refractivity contribution in [3.8, 4) is 11.4 Å². The van der Waals surface area contributed by atoms with E-state index in [1.807, 2.05) is 6.92 Å². The van der Waals surface area contributed by atoms with Crippen molar-refractivity contribution in [2.24, 2.45) is 0 Å². The number of aromatic nitrogens is 2. The summed E-state index contributed by atoms with van der Waals surface area (Å²) in [5.74, 6) is -0.251. The van der Waals surface area contributed by atoms with Crippen molar-refractivity contribution in [2.45, 2.75) is 26.7 Å². The monoisotopic (exact) mass is 422 g/mol. The second-order valence-corrected chi connectivity index (χ2v) is 6.81. The number of carbonyl (C=O) groups is 1. The number of ether oxygens (including phenoxy) is 1. The Morgan fingerprint density at radius 3 is 2.65 bits per heavy atom. The normalized spacial score (nSPS) is 10.5. The molecule has 3 rings (SSSR count). The fourth-order valence-corrected chi connectivity index (χ4v) is 2.95. The number of anilines is 1. The SMILES string of the molecule is CCCCOc1ccccc1NC(=O)c1nn(-c2ccccc2[N+](=O)[O-])c(C)cc1=O. The van der Waals surface area contributed by atoms with Crippen LogP contribution < -0.4 is 15.5 Å². The minimum absolute atomic E-state index is 0.155. The van der Waals surface area contributed by atoms with Gasteiger partial charge in [-0.1, -0.05) is 37.6 Å². The molecule has 0 bridgehead atoms. The highest BCUT2D eigenvalue weighted by molar-refractivity contribution is 6.03. The van der Waals surface area contributed by atoms with E-state index in [0.29, 0.717) is 23.7 Å². The van der Waals surface area contributed by atoms with E-state index in [2.05, 4.69) is 10.4 Å². The predicted molar refractivity (Wildman–Crippen MR) is 116 cm³/mol. The molecule has 1 heterocycles. The van der Waals surface area contributed by atoms with Crippen LogP contribution in [0.15, 0.2) is 59.4 Å². The number of carbonyl (C=O) groups excluding carboxylic acids is 1. The third kappa shape index (κ3) is 4.95. The first-order valence-electron chi connectivity index (χ1n) is 9.80. The zero-order chi connectivity index (χ0) is 22.4. The van der Waals surface area contributed by atoms with E-state index in [0.717, 1.165) is 12.8 Å². The van der Waals surface area contributed by atoms with Gasteiger partial charge in [-0.25, -0.2) is 4.68 Å². The number of hydrogen-bond acceptors (Lipinski definition) is 6. The van der Waals surface area contributed by atoms with Crippen LogP contribution in [0.3, 0.4) is 0 Å². The first-order chi connectivity index (χ1) is 14.9. The van der Waals surface area contributed by atoms with Gasteiger partial charge in [-0.2, -0.15) is 5.10 Å². The molecule has 1 N–H and O–H groups in total. The van der Waals surface area contributed by atoms with Gasteiger partial charge in [0.2, 0.25) is 5.43 Å². The van der Waals surface area contributed by atoms with Crippen molar-refractivity contribution < 1.29 is 14.5 Å². The summed E-state index contributed by atoms with van der Waals surface area (Å²) in [5.41, 5.74) is -0.242. The van der Waals surface area contributed by atoms with Gasteiger partial charge in [0.1, 0.15) is 11.4 Å². The van der Waals surface area contributed by atoms with E-state index in [4.69, 9.17) is 4.74 Å². The Labute approximate surface area is 178 Å². The molecule has 0 fully saturated rings. The number of rotatable bonds is 8. The van der Waals surface area contributed by atoms with Crippen LogP contribution in [0.5, 0.6) is 5.75 Å². The van der Waals surface area contributed by atoms with Gasteiger partial charge in [0.15, 0.2) is 5.69 Å². The number of nitro benzene ring substituents is 1. The quantitative estimate of drug-likeness (QED) is 0.334. The summed E-state index contributed by atoms with van der Waals surface area (Å²) in [6, 6.07) is 14.1. The Kier molecular flexibility index (Phi) is 6.76. The molecule has 0 radical (unpaired) electrons. The number of para-hydroxylation sites is 4. The van der Waals surface area contributed by atoms with Gasteiger partial charge in [0, 0.05) is 17.8 Å². The number of amides is 1. The number of nitrogens with zero attached hydrogens (tertiary/aromatic N) is 3. The third-order valence-corrected chi connectivity index (χ3v) is 4.52. The maximum absolute atomic E-state index is 12.9. The van der Waals surface area contributed by atoms with Crippen molar-refractivity contribution >= 4 is 17.3 Å². The number of benzene rings is 2. The van der Waals surface area contributed by atoms with Gasteiger partial charge in [-0.3, -0.25) is 19.7 Å². The first kappa shape index (κ1) is 21.7. The number of hydrogen-bond donors (Lipinski definition) is 1. The van der Waals surface area contributed by atoms with E-state index in [1.54, 1.807) is 37.3 Å². The molecule has 2 aromatic carbocycles. The van der Waals surface area contributed by atoms with Crippen LogP contribution in [0.2, 0.25) is 0 Å². The van der Waals surface area contributed by atoms with Crippen molar-refractivity contribution in [3.63, 3.8) is 0 Å². The maximum Gasteiger partial charge on any atom is 0.294 e. The Morgan fingerprint density at radius 1 is 1.19 bits per heavy atom. The molecule has 31 heavy (non-hydrogen) atoms. The summed E-state index contributed by atoms with van der Waals surface area (Å²) >= 11 is 0. The lowest BCUT2D eigenvalue weighted by atomic mass is 10.2. The minimum atomic E-state index is -0.733. The van der Waals surface area contributed by atoms with Crippen LogP contribution in [-0.2, 0) is 0 Å². The van der Waals surface area contributed by atoms with Crippen molar-refractivity contribution in [3.05, 3.63) is 86.3 Å². The molecule has 0 saturated carbocycles. The van der Waals surface area contributed by atoms with Crippen LogP contribution in [0.4, 0.5) is 11.4 Å². The maximum atomic E-state index is 12.9. The minimum Gasteiger partial charge on any atom is -0.491 e. The summed E-state index contributed by atoms with van der Waals surface area (Å²) in [6.45, 7) is 4.13. The van der Waals surface area contributed by atoms with Crippen molar-refractivity contribution in [1.82, 2.24) is 9.78 Å². The van der Waals surface area contributed by atoms with Crippen LogP contribution in [0, 0.1) is 17.0 Å². The molecule has 1 aromatic heterocycles. The van der Waals surface area contributed by atoms with Gasteiger partial charge in [0.05, 0.1) is 17.2 Å². The molecule has 0 saturated heterocycles. The third-order valence-electron chi connectivity index (χ3n) is 4.52. The van der Waals surface area contributed by atoms with Gasteiger partial charge in [-0.05, 0) is 31.5 Å². The Hall–Kier alpha value is -4.01. The summed E-state index contributed by atoms with van der Waals surface area (Å²) in [6.07, 6.45) is 1.83. The second kappa shape index (κ2) is 9.66. The molecule has 0 aliphatic carbocycles. The second-order valence-electron chi connectivity index (χ2n) is 6.81. The average molecular weight is 422 g/mol. The molecule has 0 atom stereocenters. The molecule has 0 spiro atoms. The Morgan fingerprint density at radius 2 is 1.90 bits per heavy atom. The number of aryl methyl sites for hydroxylation is 1. The molecule has 0 aliphatic rings. The number of unbranched alkanes of at least 4 members (excludes halogenated alkanes) is 1. The molecular formula is C22H22N4O5. The van der Waals surface area contributed by atoms with Crippen LogP contribution in [0.1, 0.15) is 35.9 Å². The highest BCUT2D eigenvalue weighted by atomic mass is 16.6. The molecule has 3 aromatic rings. The van der Waals surface area contributed by atoms with Crippen LogP contribution in [-0.4, -0.2) is 27.2 Å². The highest BCUT2D eigenvalue weighted by Gasteiger charge is 2.21. The lowest BCUT2D eigenvalue weighted by Gasteiger charge is -2.13.